The number of aliphatic hydroxyl groups excluding tert-OH is 1. The Balaban J connectivity index is 1.26. The van der Waals surface area contributed by atoms with Crippen LogP contribution in [0.15, 0.2) is 29.2 Å². The van der Waals surface area contributed by atoms with Crippen LogP contribution in [0.1, 0.15) is 74.3 Å². The van der Waals surface area contributed by atoms with Crippen molar-refractivity contribution in [2.24, 2.45) is 69.5 Å². The lowest BCUT2D eigenvalue weighted by Gasteiger charge is -2.66. The molecule has 5 saturated carbocycles. The van der Waals surface area contributed by atoms with E-state index in [1.807, 2.05) is 20.8 Å². The summed E-state index contributed by atoms with van der Waals surface area (Å²) in [6, 6.07) is 5.57. The number of aryl methyl sites for hydroxylation is 1. The van der Waals surface area contributed by atoms with E-state index >= 15 is 0 Å². The second-order valence-corrected chi connectivity index (χ2v) is 21.0. The molecule has 2 N–H and O–H groups in total. The predicted molar refractivity (Wildman–Crippen MR) is 192 cm³/mol. The second-order valence-electron chi connectivity index (χ2n) is 19.2. The van der Waals surface area contributed by atoms with E-state index in [1.165, 1.54) is 37.2 Å². The van der Waals surface area contributed by atoms with Crippen molar-refractivity contribution in [2.75, 3.05) is 0 Å². The van der Waals surface area contributed by atoms with Gasteiger partial charge in [-0.05, 0) is 67.4 Å². The van der Waals surface area contributed by atoms with Crippen molar-refractivity contribution in [2.45, 2.75) is 128 Å². The molecule has 3 heterocycles. The van der Waals surface area contributed by atoms with E-state index in [4.69, 9.17) is 18.9 Å². The van der Waals surface area contributed by atoms with Gasteiger partial charge in [-0.3, -0.25) is 14.4 Å². The number of rotatable bonds is 4. The van der Waals surface area contributed by atoms with Gasteiger partial charge in [0.2, 0.25) is 15.7 Å². The number of epoxide rings is 1. The smallest absolute Gasteiger partial charge is 0.340 e. The minimum atomic E-state index is -4.29. The monoisotopic (exact) mass is 783 g/mol. The molecular formula is C41H53NO12S. The van der Waals surface area contributed by atoms with Gasteiger partial charge in [0.05, 0.1) is 22.5 Å². The van der Waals surface area contributed by atoms with E-state index in [2.05, 4.69) is 20.8 Å². The number of hydrogen-bond acceptors (Lipinski definition) is 12. The highest BCUT2D eigenvalue weighted by Crippen LogP contribution is 2.83. The Morgan fingerprint density at radius 1 is 0.891 bits per heavy atom. The van der Waals surface area contributed by atoms with E-state index in [0.717, 1.165) is 5.56 Å². The van der Waals surface area contributed by atoms with E-state index in [1.54, 1.807) is 19.1 Å². The van der Waals surface area contributed by atoms with Gasteiger partial charge in [-0.25, -0.2) is 13.2 Å². The normalized spacial score (nSPS) is 55.3. The SMILES string of the molecule is CC(=O)O[C@H]1[C@@H]2[C@H]([C@H](C)[C@H]3N(S(=O)(=O)c4ccc(C)cc4)[C@]34OC(=O)[C@@](C)(O)[C@]24C)[C@]2(C)[C@@H]1C1C(O)C(=O)[C@H]3C[C@@H]4O[C@@H]4[C@H](OC(C)=O)[C@]3(C)C1C(C)[C@@H]2C. The molecule has 3 saturated heterocycles. The summed E-state index contributed by atoms with van der Waals surface area (Å²) in [5.41, 5.74) is -6.62. The van der Waals surface area contributed by atoms with Crippen LogP contribution in [0.3, 0.4) is 0 Å². The van der Waals surface area contributed by atoms with E-state index in [0.29, 0.717) is 6.42 Å². The summed E-state index contributed by atoms with van der Waals surface area (Å²) in [4.78, 5) is 54.7. The Labute approximate surface area is 321 Å². The fourth-order valence-electron chi connectivity index (χ4n) is 14.9. The zero-order valence-corrected chi connectivity index (χ0v) is 33.8. The van der Waals surface area contributed by atoms with Crippen LogP contribution in [0.4, 0.5) is 0 Å². The van der Waals surface area contributed by atoms with Gasteiger partial charge in [0.25, 0.3) is 0 Å². The lowest BCUT2D eigenvalue weighted by atomic mass is 9.38. The van der Waals surface area contributed by atoms with Crippen LogP contribution in [0.2, 0.25) is 0 Å². The molecule has 55 heavy (non-hydrogen) atoms. The standard InChI is InChI=1S/C41H53NO12S/c1-16-11-13-22(14-12-16)55(49,50)42-34-18(3)27-29(39(9)40(10,48)36(47)54-41(34,39)42)33(51-20(5)43)28-25-26(17(2)19(4)37(27,28)7)38(8)23(30(45)31(25)46)15-24-32(53-24)35(38)52-21(6)44/h11-14,17-19,23-29,31-35,46,48H,15H2,1-10H3/t17?,18-,19-,23+,24-,25?,26?,27-,28+,29-,31?,32-,33+,34+,35-,37+,38-,39-,40+,41-,42?/m0/s1. The van der Waals surface area contributed by atoms with Crippen molar-refractivity contribution in [3.8, 4) is 0 Å². The van der Waals surface area contributed by atoms with Gasteiger partial charge in [0.15, 0.2) is 11.4 Å². The first kappa shape index (κ1) is 37.7. The Hall–Kier alpha value is -2.91. The third kappa shape index (κ3) is 4.06. The first-order valence-corrected chi connectivity index (χ1v) is 21.2. The first-order valence-electron chi connectivity index (χ1n) is 19.8. The van der Waals surface area contributed by atoms with Crippen molar-refractivity contribution in [1.29, 1.82) is 0 Å². The molecule has 0 aromatic heterocycles. The van der Waals surface area contributed by atoms with E-state index in [-0.39, 0.29) is 34.7 Å². The zero-order valence-electron chi connectivity index (χ0n) is 33.0. The first-order chi connectivity index (χ1) is 25.5. The number of sulfonamides is 1. The molecule has 0 bridgehead atoms. The van der Waals surface area contributed by atoms with Gasteiger partial charge < -0.3 is 29.2 Å². The zero-order chi connectivity index (χ0) is 40.1. The molecule has 14 heteroatoms. The van der Waals surface area contributed by atoms with Crippen LogP contribution >= 0.6 is 0 Å². The molecular weight excluding hydrogens is 731 g/mol. The van der Waals surface area contributed by atoms with Crippen molar-refractivity contribution >= 4 is 33.7 Å². The number of ketones is 1. The second kappa shape index (κ2) is 11.0. The molecule has 0 radical (unpaired) electrons. The van der Waals surface area contributed by atoms with Crippen molar-refractivity contribution in [3.05, 3.63) is 29.8 Å². The maximum absolute atomic E-state index is 14.7. The van der Waals surface area contributed by atoms with Gasteiger partial charge in [0.1, 0.15) is 24.4 Å². The number of Topliss-reactive ketones (excluding diaryl/α,β-unsaturated/α-hetero) is 1. The van der Waals surface area contributed by atoms with Crippen LogP contribution in [-0.4, -0.2) is 94.5 Å². The summed E-state index contributed by atoms with van der Waals surface area (Å²) < 4.78 is 55.4. The maximum atomic E-state index is 14.7. The number of carbonyl (C=O) groups excluding carboxylic acids is 4. The van der Waals surface area contributed by atoms with E-state index < -0.39 is 121 Å². The molecule has 9 rings (SSSR count). The van der Waals surface area contributed by atoms with Gasteiger partial charge in [-0.1, -0.05) is 59.2 Å². The summed E-state index contributed by atoms with van der Waals surface area (Å²) in [6.45, 7) is 17.8. The largest absolute Gasteiger partial charge is 0.462 e. The summed E-state index contributed by atoms with van der Waals surface area (Å²) in [7, 11) is -4.29. The Kier molecular flexibility index (Phi) is 7.51. The topological polar surface area (TPSA) is 186 Å². The summed E-state index contributed by atoms with van der Waals surface area (Å²) in [5, 5.41) is 24.9. The summed E-state index contributed by atoms with van der Waals surface area (Å²) >= 11 is 0. The Morgan fingerprint density at radius 2 is 1.51 bits per heavy atom. The van der Waals surface area contributed by atoms with Crippen molar-refractivity contribution in [3.63, 3.8) is 0 Å². The number of ether oxygens (including phenoxy) is 4. The average molecular weight is 784 g/mol. The number of hydrogen-bond donors (Lipinski definition) is 2. The highest BCUT2D eigenvalue weighted by atomic mass is 32.2. The molecule has 5 unspecified atom stereocenters. The summed E-state index contributed by atoms with van der Waals surface area (Å²) in [5.74, 6) is -7.20. The van der Waals surface area contributed by atoms with Crippen LogP contribution < -0.4 is 0 Å². The molecule has 8 aliphatic rings. The number of benzene rings is 1. The number of aliphatic hydroxyl groups is 2. The number of carbonyl (C=O) groups is 4. The molecule has 8 fully saturated rings. The third-order valence-electron chi connectivity index (χ3n) is 17.4. The quantitative estimate of drug-likeness (QED) is 0.259. The number of fused-ring (bicyclic) bond motifs is 9. The van der Waals surface area contributed by atoms with Gasteiger partial charge in [0, 0.05) is 42.9 Å². The van der Waals surface area contributed by atoms with E-state index in [9.17, 15) is 37.8 Å². The maximum Gasteiger partial charge on any atom is 0.340 e. The van der Waals surface area contributed by atoms with Crippen LogP contribution in [0, 0.1) is 76.4 Å². The van der Waals surface area contributed by atoms with Crippen LogP contribution in [-0.2, 0) is 48.1 Å². The molecule has 3 aliphatic heterocycles. The molecule has 300 valence electrons. The predicted octanol–water partition coefficient (Wildman–Crippen LogP) is 3.02. The number of esters is 3. The van der Waals surface area contributed by atoms with Gasteiger partial charge >= 0.3 is 17.9 Å². The molecule has 1 aromatic carbocycles. The molecule has 1 spiro atoms. The van der Waals surface area contributed by atoms with Crippen molar-refractivity contribution in [1.82, 2.24) is 4.31 Å². The summed E-state index contributed by atoms with van der Waals surface area (Å²) in [6.07, 6.45) is -3.53. The fourth-order valence-corrected chi connectivity index (χ4v) is 16.9. The third-order valence-corrected chi connectivity index (χ3v) is 19.3. The van der Waals surface area contributed by atoms with Crippen LogP contribution in [0.25, 0.3) is 0 Å². The minimum Gasteiger partial charge on any atom is -0.462 e. The lowest BCUT2D eigenvalue weighted by molar-refractivity contribution is -0.235. The lowest BCUT2D eigenvalue weighted by Crippen LogP contribution is -2.70. The van der Waals surface area contributed by atoms with Crippen LogP contribution in [0.5, 0.6) is 0 Å². The average Bonchev–Trinajstić information content (AvgIpc) is 3.99. The fraction of sp³-hybridized carbons (Fsp3) is 0.756. The molecule has 0 amide bonds. The highest BCUT2D eigenvalue weighted by molar-refractivity contribution is 7.89. The molecule has 1 aromatic rings. The highest BCUT2D eigenvalue weighted by Gasteiger charge is 2.96. The van der Waals surface area contributed by atoms with Gasteiger partial charge in [-0.15, -0.1) is 4.31 Å². The molecule has 13 nitrogen and oxygen atoms in total. The van der Waals surface area contributed by atoms with Crippen molar-refractivity contribution < 1.29 is 56.8 Å². The van der Waals surface area contributed by atoms with Gasteiger partial charge in [-0.2, -0.15) is 0 Å². The Bertz CT molecular complexity index is 2040. The Morgan fingerprint density at radius 3 is 2.11 bits per heavy atom. The molecule has 21 atom stereocenters. The number of nitrogens with zero attached hydrogens (tertiary/aromatic N) is 1. The minimum absolute atomic E-state index is 0.0237. The molecule has 5 aliphatic carbocycles.